The zero-order chi connectivity index (χ0) is 30.5. The number of Topliss-reactive ketones (excluding diaryl/α,β-unsaturated/α-hetero) is 1. The van der Waals surface area contributed by atoms with E-state index < -0.39 is 17.7 Å². The molecule has 2 aliphatic heterocycles. The molecule has 0 radical (unpaired) electrons. The third-order valence-electron chi connectivity index (χ3n) is 8.06. The number of carbonyl (C=O) groups is 2. The third kappa shape index (κ3) is 4.91. The Morgan fingerprint density at radius 3 is 2.66 bits per heavy atom. The van der Waals surface area contributed by atoms with E-state index in [1.165, 1.54) is 16.2 Å². The van der Waals surface area contributed by atoms with Gasteiger partial charge in [-0.15, -0.1) is 0 Å². The number of nitrogens with zero attached hydrogens (tertiary/aromatic N) is 2. The molecular formula is C36H30N2O5S. The van der Waals surface area contributed by atoms with Gasteiger partial charge in [0, 0.05) is 12.0 Å². The molecule has 44 heavy (non-hydrogen) atoms. The maximum Gasteiger partial charge on any atom is 0.301 e. The van der Waals surface area contributed by atoms with Crippen LogP contribution in [0.4, 0.5) is 5.13 Å². The third-order valence-corrected chi connectivity index (χ3v) is 9.06. The molecule has 7 rings (SSSR count). The molecule has 0 unspecified atom stereocenters. The fourth-order valence-corrected chi connectivity index (χ4v) is 7.22. The summed E-state index contributed by atoms with van der Waals surface area (Å²) in [5, 5.41) is 12.1. The highest BCUT2D eigenvalue weighted by Crippen LogP contribution is 2.45. The minimum Gasteiger partial charge on any atom is -0.507 e. The number of aromatic nitrogens is 1. The number of aliphatic hydroxyl groups excluding tert-OH is 1. The number of fused-ring (bicyclic) bond motifs is 2. The maximum absolute atomic E-state index is 13.8. The second-order valence-electron chi connectivity index (χ2n) is 11.4. The van der Waals surface area contributed by atoms with Crippen molar-refractivity contribution in [3.05, 3.63) is 124 Å². The van der Waals surface area contributed by atoms with Gasteiger partial charge in [-0.25, -0.2) is 4.98 Å². The summed E-state index contributed by atoms with van der Waals surface area (Å²) < 4.78 is 12.9. The highest BCUT2D eigenvalue weighted by atomic mass is 32.1. The molecule has 3 heterocycles. The Morgan fingerprint density at radius 1 is 1.02 bits per heavy atom. The average Bonchev–Trinajstić information content (AvgIpc) is 3.68. The molecule has 1 amide bonds. The number of ether oxygens (including phenoxy) is 2. The molecule has 0 bridgehead atoms. The summed E-state index contributed by atoms with van der Waals surface area (Å²) in [5.74, 6) is -0.396. The summed E-state index contributed by atoms with van der Waals surface area (Å²) in [5.41, 5.74) is 5.90. The van der Waals surface area contributed by atoms with Crippen LogP contribution in [0.25, 0.3) is 16.0 Å². The molecule has 4 aromatic carbocycles. The highest BCUT2D eigenvalue weighted by Gasteiger charge is 2.48. The lowest BCUT2D eigenvalue weighted by Crippen LogP contribution is -2.29. The van der Waals surface area contributed by atoms with E-state index in [0.29, 0.717) is 35.0 Å². The van der Waals surface area contributed by atoms with Crippen molar-refractivity contribution in [2.45, 2.75) is 45.9 Å². The molecule has 0 spiro atoms. The van der Waals surface area contributed by atoms with Gasteiger partial charge in [0.2, 0.25) is 0 Å². The van der Waals surface area contributed by atoms with Crippen LogP contribution in [0, 0.1) is 13.8 Å². The van der Waals surface area contributed by atoms with Crippen molar-refractivity contribution in [1.82, 2.24) is 4.98 Å². The monoisotopic (exact) mass is 602 g/mol. The van der Waals surface area contributed by atoms with Crippen molar-refractivity contribution < 1.29 is 24.2 Å². The minimum absolute atomic E-state index is 0.00859. The first kappa shape index (κ1) is 27.9. The summed E-state index contributed by atoms with van der Waals surface area (Å²) >= 11 is 1.35. The number of benzene rings is 4. The van der Waals surface area contributed by atoms with Gasteiger partial charge in [0.15, 0.2) is 5.13 Å². The Balaban J connectivity index is 1.36. The number of rotatable bonds is 6. The summed E-state index contributed by atoms with van der Waals surface area (Å²) in [6, 6.07) is 25.7. The summed E-state index contributed by atoms with van der Waals surface area (Å²) in [7, 11) is 0. The lowest BCUT2D eigenvalue weighted by atomic mass is 9.94. The molecular weight excluding hydrogens is 572 g/mol. The predicted octanol–water partition coefficient (Wildman–Crippen LogP) is 7.44. The van der Waals surface area contributed by atoms with Gasteiger partial charge in [-0.05, 0) is 85.0 Å². The van der Waals surface area contributed by atoms with Gasteiger partial charge in [0.25, 0.3) is 5.78 Å². The number of amides is 1. The van der Waals surface area contributed by atoms with E-state index in [1.807, 2.05) is 93.6 Å². The molecule has 2 atom stereocenters. The number of anilines is 1. The lowest BCUT2D eigenvalue weighted by Gasteiger charge is -2.23. The summed E-state index contributed by atoms with van der Waals surface area (Å²) in [6.07, 6.45) is 0.720. The van der Waals surface area contributed by atoms with Gasteiger partial charge < -0.3 is 14.6 Å². The van der Waals surface area contributed by atoms with Crippen molar-refractivity contribution in [2.75, 3.05) is 4.90 Å². The molecule has 2 aliphatic rings. The van der Waals surface area contributed by atoms with Gasteiger partial charge in [-0.2, -0.15) is 0 Å². The molecule has 0 saturated carbocycles. The van der Waals surface area contributed by atoms with Gasteiger partial charge in [-0.3, -0.25) is 14.5 Å². The van der Waals surface area contributed by atoms with E-state index in [1.54, 1.807) is 12.1 Å². The number of carbonyl (C=O) groups excluding carboxylic acids is 2. The van der Waals surface area contributed by atoms with Crippen LogP contribution in [-0.4, -0.2) is 27.9 Å². The lowest BCUT2D eigenvalue weighted by molar-refractivity contribution is -0.132. The molecule has 0 aliphatic carbocycles. The SMILES string of the molecule is Cc1cc(C)c2nc(N3C(=O)C(=O)C(=C(O)c4ccc5c(c4)C[C@H](C)O5)[C@@H]3c3cccc(OCc4ccccc4)c3)sc2c1. The van der Waals surface area contributed by atoms with Crippen LogP contribution in [0.1, 0.15) is 46.3 Å². The maximum atomic E-state index is 13.8. The van der Waals surface area contributed by atoms with Gasteiger partial charge in [0.1, 0.15) is 30.0 Å². The molecule has 1 N–H and O–H groups in total. The Bertz CT molecular complexity index is 1980. The number of hydrogen-bond donors (Lipinski definition) is 1. The first-order chi connectivity index (χ1) is 21.3. The van der Waals surface area contributed by atoms with Crippen LogP contribution in [0.2, 0.25) is 0 Å². The van der Waals surface area contributed by atoms with Gasteiger partial charge in [-0.1, -0.05) is 59.9 Å². The summed E-state index contributed by atoms with van der Waals surface area (Å²) in [4.78, 5) is 33.9. The van der Waals surface area contributed by atoms with E-state index in [0.717, 1.165) is 38.2 Å². The first-order valence-corrected chi connectivity index (χ1v) is 15.3. The largest absolute Gasteiger partial charge is 0.507 e. The highest BCUT2D eigenvalue weighted by molar-refractivity contribution is 7.22. The fourth-order valence-electron chi connectivity index (χ4n) is 6.05. The Hall–Kier alpha value is -4.95. The zero-order valence-corrected chi connectivity index (χ0v) is 25.4. The molecule has 7 nitrogen and oxygen atoms in total. The number of aryl methyl sites for hydroxylation is 2. The Morgan fingerprint density at radius 2 is 1.84 bits per heavy atom. The van der Waals surface area contributed by atoms with Crippen molar-refractivity contribution >= 4 is 44.1 Å². The molecule has 1 fully saturated rings. The molecule has 1 aromatic heterocycles. The van der Waals surface area contributed by atoms with E-state index >= 15 is 0 Å². The van der Waals surface area contributed by atoms with Gasteiger partial charge in [0.05, 0.1) is 21.8 Å². The fraction of sp³-hybridized carbons (Fsp3) is 0.194. The minimum atomic E-state index is -0.916. The predicted molar refractivity (Wildman–Crippen MR) is 171 cm³/mol. The average molecular weight is 603 g/mol. The van der Waals surface area contributed by atoms with Crippen LogP contribution in [0.15, 0.2) is 90.5 Å². The molecule has 5 aromatic rings. The standard InChI is InChI=1S/C36H30N2O5S/c1-20-14-21(2)31-29(15-20)44-36(37-31)38-32(24-10-7-11-27(18-24)42-19-23-8-5-4-6-9-23)30(34(40)35(38)41)33(39)25-12-13-28-26(17-25)16-22(3)43-28/h4-15,17-18,22,32,39H,16,19H2,1-3H3/t22-,32-/m0/s1. The van der Waals surface area contributed by atoms with Crippen LogP contribution >= 0.6 is 11.3 Å². The number of hydrogen-bond acceptors (Lipinski definition) is 7. The van der Waals surface area contributed by atoms with E-state index in [2.05, 4.69) is 0 Å². The molecule has 8 heteroatoms. The van der Waals surface area contributed by atoms with Crippen LogP contribution in [0.3, 0.4) is 0 Å². The zero-order valence-electron chi connectivity index (χ0n) is 24.5. The van der Waals surface area contributed by atoms with Gasteiger partial charge >= 0.3 is 5.91 Å². The van der Waals surface area contributed by atoms with E-state index in [-0.39, 0.29) is 17.4 Å². The number of aliphatic hydroxyl groups is 1. The smallest absolute Gasteiger partial charge is 0.301 e. The quantitative estimate of drug-likeness (QED) is 0.123. The van der Waals surface area contributed by atoms with Crippen molar-refractivity contribution in [1.29, 1.82) is 0 Å². The second kappa shape index (κ2) is 11.0. The van der Waals surface area contributed by atoms with Crippen LogP contribution in [-0.2, 0) is 22.6 Å². The second-order valence-corrected chi connectivity index (χ2v) is 12.4. The Labute approximate surface area is 259 Å². The van der Waals surface area contributed by atoms with E-state index in [4.69, 9.17) is 14.5 Å². The summed E-state index contributed by atoms with van der Waals surface area (Å²) in [6.45, 7) is 6.34. The van der Waals surface area contributed by atoms with Crippen LogP contribution in [0.5, 0.6) is 11.5 Å². The normalized spacial score (nSPS) is 18.9. The van der Waals surface area contributed by atoms with Crippen LogP contribution < -0.4 is 14.4 Å². The Kier molecular flexibility index (Phi) is 6.94. The van der Waals surface area contributed by atoms with Crippen molar-refractivity contribution in [2.24, 2.45) is 0 Å². The molecule has 1 saturated heterocycles. The van der Waals surface area contributed by atoms with E-state index in [9.17, 15) is 14.7 Å². The topological polar surface area (TPSA) is 89.0 Å². The molecule has 220 valence electrons. The number of thiazole rings is 1. The van der Waals surface area contributed by atoms with Crippen molar-refractivity contribution in [3.63, 3.8) is 0 Å². The first-order valence-electron chi connectivity index (χ1n) is 14.5. The number of ketones is 1. The van der Waals surface area contributed by atoms with Crippen molar-refractivity contribution in [3.8, 4) is 11.5 Å².